The zero-order valence-electron chi connectivity index (χ0n) is 14.2. The van der Waals surface area contributed by atoms with Crippen molar-refractivity contribution in [1.82, 2.24) is 4.98 Å². The third-order valence-electron chi connectivity index (χ3n) is 3.56. The largest absolute Gasteiger partial charge is 0.331 e. The Morgan fingerprint density at radius 2 is 1.77 bits per heavy atom. The van der Waals surface area contributed by atoms with Gasteiger partial charge in [0.25, 0.3) is 10.0 Å². The molecule has 26 heavy (non-hydrogen) atoms. The zero-order valence-corrected chi connectivity index (χ0v) is 15.8. The van der Waals surface area contributed by atoms with E-state index in [0.29, 0.717) is 11.3 Å². The zero-order chi connectivity index (χ0) is 18.7. The summed E-state index contributed by atoms with van der Waals surface area (Å²) < 4.78 is 27.6. The van der Waals surface area contributed by atoms with Crippen molar-refractivity contribution in [2.45, 2.75) is 18.7 Å². The van der Waals surface area contributed by atoms with E-state index in [-0.39, 0.29) is 10.7 Å². The molecule has 0 atom stereocenters. The van der Waals surface area contributed by atoms with Gasteiger partial charge in [-0.2, -0.15) is 0 Å². The molecule has 0 saturated carbocycles. The summed E-state index contributed by atoms with van der Waals surface area (Å²) in [6, 6.07) is 12.8. The highest BCUT2D eigenvalue weighted by Crippen LogP contribution is 2.24. The highest BCUT2D eigenvalue weighted by molar-refractivity contribution is 7.92. The number of ketones is 1. The molecule has 134 valence electrons. The van der Waals surface area contributed by atoms with Gasteiger partial charge in [0.2, 0.25) is 0 Å². The first kappa shape index (κ1) is 18.1. The molecule has 0 radical (unpaired) electrons. The van der Waals surface area contributed by atoms with Gasteiger partial charge < -0.3 is 5.32 Å². The Labute approximate surface area is 156 Å². The van der Waals surface area contributed by atoms with Crippen LogP contribution in [0.25, 0.3) is 0 Å². The lowest BCUT2D eigenvalue weighted by Crippen LogP contribution is -2.13. The fourth-order valence-electron chi connectivity index (χ4n) is 2.28. The second-order valence-corrected chi connectivity index (χ2v) is 8.23. The summed E-state index contributed by atoms with van der Waals surface area (Å²) in [4.78, 5) is 15.7. The molecule has 1 heterocycles. The van der Waals surface area contributed by atoms with Crippen LogP contribution in [-0.4, -0.2) is 19.2 Å². The summed E-state index contributed by atoms with van der Waals surface area (Å²) >= 11 is 1.48. The topological polar surface area (TPSA) is 88.2 Å². The standard InChI is InChI=1S/C18H17N3O3S2/c1-12-11-25-18(19-12)20-15-4-3-5-16(10-15)21-26(23,24)17-8-6-14(7-9-17)13(2)22/h3-11,21H,1-2H3,(H,19,20). The molecule has 0 spiro atoms. The van der Waals surface area contributed by atoms with E-state index >= 15 is 0 Å². The molecular weight excluding hydrogens is 370 g/mol. The second kappa shape index (κ2) is 7.27. The lowest BCUT2D eigenvalue weighted by Gasteiger charge is -2.10. The monoisotopic (exact) mass is 387 g/mol. The van der Waals surface area contributed by atoms with Crippen LogP contribution in [-0.2, 0) is 10.0 Å². The lowest BCUT2D eigenvalue weighted by molar-refractivity contribution is 0.101. The number of aromatic nitrogens is 1. The average molecular weight is 387 g/mol. The minimum atomic E-state index is -3.74. The second-order valence-electron chi connectivity index (χ2n) is 5.69. The maximum Gasteiger partial charge on any atom is 0.261 e. The van der Waals surface area contributed by atoms with Crippen molar-refractivity contribution in [2.24, 2.45) is 0 Å². The van der Waals surface area contributed by atoms with Crippen LogP contribution in [0.2, 0.25) is 0 Å². The minimum Gasteiger partial charge on any atom is -0.331 e. The molecule has 6 nitrogen and oxygen atoms in total. The molecule has 3 rings (SSSR count). The summed E-state index contributed by atoms with van der Waals surface area (Å²) in [7, 11) is -3.74. The average Bonchev–Trinajstić information content (AvgIpc) is 2.99. The third kappa shape index (κ3) is 4.27. The number of sulfonamides is 1. The molecule has 1 aromatic heterocycles. The van der Waals surface area contributed by atoms with Crippen molar-refractivity contribution in [3.05, 3.63) is 65.2 Å². The van der Waals surface area contributed by atoms with Gasteiger partial charge in [-0.1, -0.05) is 18.2 Å². The van der Waals surface area contributed by atoms with Crippen molar-refractivity contribution in [3.63, 3.8) is 0 Å². The van der Waals surface area contributed by atoms with Crippen LogP contribution < -0.4 is 10.0 Å². The van der Waals surface area contributed by atoms with Gasteiger partial charge in [0.15, 0.2) is 10.9 Å². The van der Waals surface area contributed by atoms with Crippen LogP contribution in [0.5, 0.6) is 0 Å². The molecule has 0 aliphatic heterocycles. The number of hydrogen-bond donors (Lipinski definition) is 2. The van der Waals surface area contributed by atoms with Crippen molar-refractivity contribution < 1.29 is 13.2 Å². The van der Waals surface area contributed by atoms with E-state index in [4.69, 9.17) is 0 Å². The smallest absolute Gasteiger partial charge is 0.261 e. The highest BCUT2D eigenvalue weighted by atomic mass is 32.2. The Hall–Kier alpha value is -2.71. The molecular formula is C18H17N3O3S2. The molecule has 3 aromatic rings. The fraction of sp³-hybridized carbons (Fsp3) is 0.111. The van der Waals surface area contributed by atoms with Gasteiger partial charge in [-0.05, 0) is 44.2 Å². The van der Waals surface area contributed by atoms with Crippen LogP contribution in [0.1, 0.15) is 23.0 Å². The molecule has 0 aliphatic rings. The van der Waals surface area contributed by atoms with E-state index in [1.165, 1.54) is 42.5 Å². The van der Waals surface area contributed by atoms with E-state index in [1.54, 1.807) is 18.2 Å². The quantitative estimate of drug-likeness (QED) is 0.619. The number of benzene rings is 2. The Kier molecular flexibility index (Phi) is 5.06. The van der Waals surface area contributed by atoms with E-state index in [2.05, 4.69) is 15.0 Å². The molecule has 2 N–H and O–H groups in total. The number of Topliss-reactive ketones (excluding diaryl/α,β-unsaturated/α-hetero) is 1. The van der Waals surface area contributed by atoms with Crippen molar-refractivity contribution in [3.8, 4) is 0 Å². The number of carbonyl (C=O) groups excluding carboxylic acids is 1. The Morgan fingerprint density at radius 1 is 1.08 bits per heavy atom. The molecule has 0 fully saturated rings. The minimum absolute atomic E-state index is 0.0939. The first-order valence-electron chi connectivity index (χ1n) is 7.76. The molecule has 0 unspecified atom stereocenters. The van der Waals surface area contributed by atoms with Crippen LogP contribution >= 0.6 is 11.3 Å². The SMILES string of the molecule is CC(=O)c1ccc(S(=O)(=O)Nc2cccc(Nc3nc(C)cs3)c2)cc1. The number of anilines is 3. The fourth-order valence-corrected chi connectivity index (χ4v) is 4.04. The first-order chi connectivity index (χ1) is 12.3. The van der Waals surface area contributed by atoms with Crippen LogP contribution in [0.3, 0.4) is 0 Å². The van der Waals surface area contributed by atoms with Gasteiger partial charge in [-0.15, -0.1) is 11.3 Å². The molecule has 0 saturated heterocycles. The van der Waals surface area contributed by atoms with Gasteiger partial charge in [0.05, 0.1) is 16.3 Å². The molecule has 2 aromatic carbocycles. The van der Waals surface area contributed by atoms with Crippen molar-refractivity contribution in [2.75, 3.05) is 10.0 Å². The first-order valence-corrected chi connectivity index (χ1v) is 10.1. The van der Waals surface area contributed by atoms with Crippen LogP contribution in [0, 0.1) is 6.92 Å². The molecule has 8 heteroatoms. The third-order valence-corrected chi connectivity index (χ3v) is 5.83. The Bertz CT molecular complexity index is 1040. The van der Waals surface area contributed by atoms with Crippen molar-refractivity contribution in [1.29, 1.82) is 0 Å². The Morgan fingerprint density at radius 3 is 2.38 bits per heavy atom. The highest BCUT2D eigenvalue weighted by Gasteiger charge is 2.15. The maximum absolute atomic E-state index is 12.5. The summed E-state index contributed by atoms with van der Waals surface area (Å²) in [5.74, 6) is -0.113. The predicted octanol–water partition coefficient (Wildman–Crippen LogP) is 4.20. The summed E-state index contributed by atoms with van der Waals surface area (Å²) in [5, 5.41) is 5.81. The van der Waals surface area contributed by atoms with Crippen molar-refractivity contribution >= 4 is 43.6 Å². The van der Waals surface area contributed by atoms with Gasteiger partial charge >= 0.3 is 0 Å². The van der Waals surface area contributed by atoms with Crippen LogP contribution in [0.15, 0.2) is 58.8 Å². The molecule has 0 bridgehead atoms. The number of nitrogens with zero attached hydrogens (tertiary/aromatic N) is 1. The lowest BCUT2D eigenvalue weighted by atomic mass is 10.2. The summed E-state index contributed by atoms with van der Waals surface area (Å²) in [6.07, 6.45) is 0. The normalized spacial score (nSPS) is 11.2. The van der Waals surface area contributed by atoms with E-state index < -0.39 is 10.0 Å². The number of carbonyl (C=O) groups is 1. The maximum atomic E-state index is 12.5. The number of rotatable bonds is 6. The van der Waals surface area contributed by atoms with Gasteiger partial charge in [-0.3, -0.25) is 9.52 Å². The van der Waals surface area contributed by atoms with Gasteiger partial charge in [-0.25, -0.2) is 13.4 Å². The number of hydrogen-bond acceptors (Lipinski definition) is 6. The number of nitrogens with one attached hydrogen (secondary N) is 2. The van der Waals surface area contributed by atoms with Gasteiger partial charge in [0.1, 0.15) is 0 Å². The summed E-state index contributed by atoms with van der Waals surface area (Å²) in [6.45, 7) is 3.34. The van der Waals surface area contributed by atoms with E-state index in [0.717, 1.165) is 16.5 Å². The van der Waals surface area contributed by atoms with Crippen LogP contribution in [0.4, 0.5) is 16.5 Å². The molecule has 0 aliphatic carbocycles. The molecule has 0 amide bonds. The predicted molar refractivity (Wildman–Crippen MR) is 104 cm³/mol. The van der Waals surface area contributed by atoms with E-state index in [1.807, 2.05) is 18.4 Å². The van der Waals surface area contributed by atoms with E-state index in [9.17, 15) is 13.2 Å². The Balaban J connectivity index is 1.79. The summed E-state index contributed by atoms with van der Waals surface area (Å²) in [5.41, 5.74) is 2.54. The van der Waals surface area contributed by atoms with Gasteiger partial charge in [0, 0.05) is 16.6 Å². The number of thiazole rings is 1. The number of aryl methyl sites for hydroxylation is 1.